The van der Waals surface area contributed by atoms with E-state index in [1.54, 1.807) is 6.92 Å². The number of rotatable bonds is 6. The Balaban J connectivity index is 2.51. The molecule has 1 rings (SSSR count). The molecule has 4 heteroatoms. The predicted molar refractivity (Wildman–Crippen MR) is 65.9 cm³/mol. The summed E-state index contributed by atoms with van der Waals surface area (Å²) in [5.41, 5.74) is 6.82. The molecule has 0 spiro atoms. The van der Waals surface area contributed by atoms with Gasteiger partial charge in [-0.3, -0.25) is 0 Å². The molecule has 0 radical (unpaired) electrons. The molecule has 0 fully saturated rings. The summed E-state index contributed by atoms with van der Waals surface area (Å²) in [6, 6.07) is 7.68. The van der Waals surface area contributed by atoms with Gasteiger partial charge in [0.05, 0.1) is 6.61 Å². The van der Waals surface area contributed by atoms with Gasteiger partial charge < -0.3 is 15.2 Å². The highest BCUT2D eigenvalue weighted by Gasteiger charge is 2.04. The van der Waals surface area contributed by atoms with Crippen LogP contribution in [-0.4, -0.2) is 25.2 Å². The molecule has 1 aromatic rings. The SMILES string of the molecule is CCOC(=O)COc1cccc(CC(C)N)c1. The van der Waals surface area contributed by atoms with Crippen LogP contribution in [0.3, 0.4) is 0 Å². The van der Waals surface area contributed by atoms with Crippen LogP contribution in [0.15, 0.2) is 24.3 Å². The van der Waals surface area contributed by atoms with E-state index < -0.39 is 0 Å². The fourth-order valence-corrected chi connectivity index (χ4v) is 1.48. The third kappa shape index (κ3) is 5.36. The maximum Gasteiger partial charge on any atom is 0.344 e. The first-order chi connectivity index (χ1) is 8.11. The van der Waals surface area contributed by atoms with Crippen molar-refractivity contribution in [3.63, 3.8) is 0 Å². The van der Waals surface area contributed by atoms with Gasteiger partial charge in [0.1, 0.15) is 5.75 Å². The number of ether oxygens (including phenoxy) is 2. The number of benzene rings is 1. The first-order valence-electron chi connectivity index (χ1n) is 5.74. The first-order valence-corrected chi connectivity index (χ1v) is 5.74. The van der Waals surface area contributed by atoms with E-state index in [1.165, 1.54) is 0 Å². The van der Waals surface area contributed by atoms with Crippen molar-refractivity contribution in [1.82, 2.24) is 0 Å². The fourth-order valence-electron chi connectivity index (χ4n) is 1.48. The molecule has 0 aromatic heterocycles. The number of esters is 1. The zero-order valence-corrected chi connectivity index (χ0v) is 10.3. The molecule has 0 aliphatic carbocycles. The second-order valence-electron chi connectivity index (χ2n) is 3.92. The van der Waals surface area contributed by atoms with Gasteiger partial charge in [0.25, 0.3) is 0 Å². The van der Waals surface area contributed by atoms with E-state index in [9.17, 15) is 4.79 Å². The Labute approximate surface area is 102 Å². The summed E-state index contributed by atoms with van der Waals surface area (Å²) in [7, 11) is 0. The summed E-state index contributed by atoms with van der Waals surface area (Å²) < 4.78 is 10.1. The van der Waals surface area contributed by atoms with Crippen molar-refractivity contribution in [2.24, 2.45) is 5.73 Å². The van der Waals surface area contributed by atoms with E-state index in [2.05, 4.69) is 0 Å². The Kier molecular flexibility index (Phi) is 5.49. The summed E-state index contributed by atoms with van der Waals surface area (Å²) >= 11 is 0. The molecular formula is C13H19NO3. The van der Waals surface area contributed by atoms with Gasteiger partial charge in [0.15, 0.2) is 6.61 Å². The summed E-state index contributed by atoms with van der Waals surface area (Å²) in [5.74, 6) is 0.307. The number of carbonyl (C=O) groups excluding carboxylic acids is 1. The van der Waals surface area contributed by atoms with E-state index in [-0.39, 0.29) is 18.6 Å². The molecule has 0 saturated carbocycles. The Bertz CT molecular complexity index is 363. The quantitative estimate of drug-likeness (QED) is 0.762. The molecule has 94 valence electrons. The second kappa shape index (κ2) is 6.91. The van der Waals surface area contributed by atoms with Crippen molar-refractivity contribution >= 4 is 5.97 Å². The smallest absolute Gasteiger partial charge is 0.344 e. The van der Waals surface area contributed by atoms with Gasteiger partial charge in [-0.05, 0) is 38.0 Å². The third-order valence-electron chi connectivity index (χ3n) is 2.12. The molecule has 1 aromatic carbocycles. The molecule has 0 heterocycles. The van der Waals surface area contributed by atoms with Gasteiger partial charge in [0.2, 0.25) is 0 Å². The van der Waals surface area contributed by atoms with Gasteiger partial charge in [-0.1, -0.05) is 12.1 Å². The van der Waals surface area contributed by atoms with Crippen LogP contribution in [0.25, 0.3) is 0 Å². The summed E-state index contributed by atoms with van der Waals surface area (Å²) in [4.78, 5) is 11.1. The van der Waals surface area contributed by atoms with Crippen LogP contribution in [0.5, 0.6) is 5.75 Å². The molecule has 4 nitrogen and oxygen atoms in total. The Morgan fingerprint density at radius 2 is 2.24 bits per heavy atom. The highest BCUT2D eigenvalue weighted by molar-refractivity contribution is 5.71. The highest BCUT2D eigenvalue weighted by atomic mass is 16.6. The lowest BCUT2D eigenvalue weighted by molar-refractivity contribution is -0.145. The third-order valence-corrected chi connectivity index (χ3v) is 2.12. The average molecular weight is 237 g/mol. The zero-order chi connectivity index (χ0) is 12.7. The monoisotopic (exact) mass is 237 g/mol. The van der Waals surface area contributed by atoms with Crippen molar-refractivity contribution in [2.75, 3.05) is 13.2 Å². The zero-order valence-electron chi connectivity index (χ0n) is 10.3. The second-order valence-corrected chi connectivity index (χ2v) is 3.92. The van der Waals surface area contributed by atoms with Gasteiger partial charge in [0, 0.05) is 6.04 Å². The van der Waals surface area contributed by atoms with E-state index in [4.69, 9.17) is 15.2 Å². The maximum atomic E-state index is 11.1. The van der Waals surface area contributed by atoms with Gasteiger partial charge in [-0.15, -0.1) is 0 Å². The molecule has 0 aliphatic heterocycles. The van der Waals surface area contributed by atoms with Crippen molar-refractivity contribution in [3.8, 4) is 5.75 Å². The Morgan fingerprint density at radius 1 is 1.47 bits per heavy atom. The predicted octanol–water partition coefficient (Wildman–Crippen LogP) is 1.52. The highest BCUT2D eigenvalue weighted by Crippen LogP contribution is 2.14. The van der Waals surface area contributed by atoms with Gasteiger partial charge >= 0.3 is 5.97 Å². The van der Waals surface area contributed by atoms with Gasteiger partial charge in [-0.25, -0.2) is 4.79 Å². The van der Waals surface area contributed by atoms with E-state index in [0.717, 1.165) is 12.0 Å². The average Bonchev–Trinajstić information content (AvgIpc) is 2.26. The van der Waals surface area contributed by atoms with Crippen molar-refractivity contribution < 1.29 is 14.3 Å². The lowest BCUT2D eigenvalue weighted by Crippen LogP contribution is -2.18. The molecule has 0 bridgehead atoms. The molecule has 17 heavy (non-hydrogen) atoms. The van der Waals surface area contributed by atoms with Gasteiger partial charge in [-0.2, -0.15) is 0 Å². The van der Waals surface area contributed by atoms with E-state index in [1.807, 2.05) is 31.2 Å². The fraction of sp³-hybridized carbons (Fsp3) is 0.462. The Morgan fingerprint density at radius 3 is 2.88 bits per heavy atom. The number of hydrogen-bond donors (Lipinski definition) is 1. The molecule has 1 atom stereocenters. The maximum absolute atomic E-state index is 11.1. The molecule has 2 N–H and O–H groups in total. The topological polar surface area (TPSA) is 61.5 Å². The number of hydrogen-bond acceptors (Lipinski definition) is 4. The Hall–Kier alpha value is -1.55. The summed E-state index contributed by atoms with van der Waals surface area (Å²) in [6.07, 6.45) is 0.788. The van der Waals surface area contributed by atoms with E-state index >= 15 is 0 Å². The molecule has 1 unspecified atom stereocenters. The normalized spacial score (nSPS) is 11.9. The van der Waals surface area contributed by atoms with Crippen molar-refractivity contribution in [3.05, 3.63) is 29.8 Å². The van der Waals surface area contributed by atoms with Crippen molar-refractivity contribution in [2.45, 2.75) is 26.3 Å². The van der Waals surface area contributed by atoms with Crippen LogP contribution >= 0.6 is 0 Å². The molecule has 0 amide bonds. The lowest BCUT2D eigenvalue weighted by atomic mass is 10.1. The number of carbonyl (C=O) groups is 1. The van der Waals surface area contributed by atoms with Crippen LogP contribution in [-0.2, 0) is 16.0 Å². The largest absolute Gasteiger partial charge is 0.482 e. The minimum atomic E-state index is -0.356. The number of nitrogens with two attached hydrogens (primary N) is 1. The first kappa shape index (κ1) is 13.5. The van der Waals surface area contributed by atoms with Crippen molar-refractivity contribution in [1.29, 1.82) is 0 Å². The molecule has 0 aliphatic rings. The van der Waals surface area contributed by atoms with Crippen LogP contribution in [0.4, 0.5) is 0 Å². The van der Waals surface area contributed by atoms with Crippen LogP contribution in [0.2, 0.25) is 0 Å². The molecular weight excluding hydrogens is 218 g/mol. The lowest BCUT2D eigenvalue weighted by Gasteiger charge is -2.09. The summed E-state index contributed by atoms with van der Waals surface area (Å²) in [5, 5.41) is 0. The minimum absolute atomic E-state index is 0.0600. The van der Waals surface area contributed by atoms with Crippen LogP contribution < -0.4 is 10.5 Å². The van der Waals surface area contributed by atoms with Crippen LogP contribution in [0, 0.1) is 0 Å². The minimum Gasteiger partial charge on any atom is -0.482 e. The van der Waals surface area contributed by atoms with Crippen LogP contribution in [0.1, 0.15) is 19.4 Å². The molecule has 0 saturated heterocycles. The summed E-state index contributed by atoms with van der Waals surface area (Å²) in [6.45, 7) is 4.02. The standard InChI is InChI=1S/C13H19NO3/c1-3-16-13(15)9-17-12-6-4-5-11(8-12)7-10(2)14/h4-6,8,10H,3,7,9,14H2,1-2H3. The van der Waals surface area contributed by atoms with E-state index in [0.29, 0.717) is 12.4 Å².